The molecule has 0 radical (unpaired) electrons. The van der Waals surface area contributed by atoms with Crippen LogP contribution in [0, 0.1) is 6.92 Å². The fourth-order valence-electron chi connectivity index (χ4n) is 1.60. The summed E-state index contributed by atoms with van der Waals surface area (Å²) in [6.07, 6.45) is 1.38. The summed E-state index contributed by atoms with van der Waals surface area (Å²) in [7, 11) is 0. The molecule has 0 saturated heterocycles. The van der Waals surface area contributed by atoms with E-state index >= 15 is 0 Å². The first-order valence-electron chi connectivity index (χ1n) is 5.53. The highest BCUT2D eigenvalue weighted by Gasteiger charge is 2.16. The second-order valence-electron chi connectivity index (χ2n) is 4.09. The average molecular weight is 246 g/mol. The molecule has 2 aromatic rings. The first kappa shape index (κ1) is 12.1. The Kier molecular flexibility index (Phi) is 3.27. The summed E-state index contributed by atoms with van der Waals surface area (Å²) >= 11 is 0. The number of H-pyrrole nitrogens is 1. The number of hydrogen-bond acceptors (Lipinski definition) is 4. The molecule has 0 aliphatic rings. The third-order valence-electron chi connectivity index (χ3n) is 2.59. The number of aryl methyl sites for hydroxylation is 1. The van der Waals surface area contributed by atoms with Crippen molar-refractivity contribution in [2.75, 3.05) is 0 Å². The standard InChI is InChI=1S/C12H14N4O2/c1-7-3-4-10(17)9(5-7)12(18)15-8(2)11-13-6-14-16-11/h3-6,8,17H,1-2H3,(H,15,18)(H,13,14,16). The zero-order valence-electron chi connectivity index (χ0n) is 10.1. The smallest absolute Gasteiger partial charge is 0.255 e. The number of aromatic amines is 1. The minimum Gasteiger partial charge on any atom is -0.507 e. The van der Waals surface area contributed by atoms with Crippen molar-refractivity contribution >= 4 is 5.91 Å². The molecule has 1 unspecified atom stereocenters. The number of phenolic OH excluding ortho intramolecular Hbond substituents is 1. The number of hydrogen-bond donors (Lipinski definition) is 3. The Morgan fingerprint density at radius 1 is 1.50 bits per heavy atom. The molecule has 0 spiro atoms. The number of phenols is 1. The molecule has 3 N–H and O–H groups in total. The fraction of sp³-hybridized carbons (Fsp3) is 0.250. The zero-order valence-corrected chi connectivity index (χ0v) is 10.1. The van der Waals surface area contributed by atoms with E-state index in [0.717, 1.165) is 5.56 Å². The van der Waals surface area contributed by atoms with Crippen LogP contribution in [-0.2, 0) is 0 Å². The van der Waals surface area contributed by atoms with Gasteiger partial charge >= 0.3 is 0 Å². The molecular formula is C12H14N4O2. The summed E-state index contributed by atoms with van der Waals surface area (Å²) < 4.78 is 0. The Bertz CT molecular complexity index is 551. The molecule has 0 bridgehead atoms. The lowest BCUT2D eigenvalue weighted by Gasteiger charge is -2.12. The van der Waals surface area contributed by atoms with Crippen LogP contribution in [0.1, 0.15) is 34.7 Å². The molecule has 1 aromatic carbocycles. The first-order valence-corrected chi connectivity index (χ1v) is 5.53. The van der Waals surface area contributed by atoms with Gasteiger partial charge in [-0.3, -0.25) is 9.89 Å². The fourth-order valence-corrected chi connectivity index (χ4v) is 1.60. The van der Waals surface area contributed by atoms with E-state index in [9.17, 15) is 9.90 Å². The van der Waals surface area contributed by atoms with E-state index in [1.807, 2.05) is 6.92 Å². The molecular weight excluding hydrogens is 232 g/mol. The summed E-state index contributed by atoms with van der Waals surface area (Å²) in [6, 6.07) is 4.58. The molecule has 0 aliphatic heterocycles. The highest BCUT2D eigenvalue weighted by atomic mass is 16.3. The van der Waals surface area contributed by atoms with Crippen molar-refractivity contribution < 1.29 is 9.90 Å². The molecule has 2 rings (SSSR count). The van der Waals surface area contributed by atoms with Crippen molar-refractivity contribution in [1.29, 1.82) is 0 Å². The first-order chi connectivity index (χ1) is 8.58. The molecule has 0 fully saturated rings. The van der Waals surface area contributed by atoms with Crippen molar-refractivity contribution in [3.05, 3.63) is 41.5 Å². The second-order valence-corrected chi connectivity index (χ2v) is 4.09. The minimum atomic E-state index is -0.347. The van der Waals surface area contributed by atoms with E-state index in [1.165, 1.54) is 12.4 Å². The Hall–Kier alpha value is -2.37. The van der Waals surface area contributed by atoms with Crippen LogP contribution in [0.5, 0.6) is 5.75 Å². The van der Waals surface area contributed by atoms with Gasteiger partial charge in [0, 0.05) is 0 Å². The number of rotatable bonds is 3. The summed E-state index contributed by atoms with van der Waals surface area (Å²) in [5.41, 5.74) is 1.16. The van der Waals surface area contributed by atoms with E-state index < -0.39 is 0 Å². The number of benzene rings is 1. The number of aromatic hydroxyl groups is 1. The SMILES string of the molecule is Cc1ccc(O)c(C(=O)NC(C)c2ncn[nH]2)c1. The minimum absolute atomic E-state index is 0.0390. The van der Waals surface area contributed by atoms with Crippen LogP contribution in [0.2, 0.25) is 0 Å². The Labute approximate surface area is 104 Å². The molecule has 6 nitrogen and oxygen atoms in total. The molecule has 94 valence electrons. The predicted octanol–water partition coefficient (Wildman–Crippen LogP) is 1.31. The molecule has 18 heavy (non-hydrogen) atoms. The van der Waals surface area contributed by atoms with Gasteiger partial charge in [0.05, 0.1) is 11.6 Å². The van der Waals surface area contributed by atoms with E-state index in [1.54, 1.807) is 19.1 Å². The van der Waals surface area contributed by atoms with Crippen molar-refractivity contribution in [1.82, 2.24) is 20.5 Å². The Morgan fingerprint density at radius 3 is 2.94 bits per heavy atom. The molecule has 1 atom stereocenters. The van der Waals surface area contributed by atoms with Gasteiger partial charge in [-0.15, -0.1) is 0 Å². The largest absolute Gasteiger partial charge is 0.507 e. The van der Waals surface area contributed by atoms with Crippen molar-refractivity contribution in [2.24, 2.45) is 0 Å². The highest BCUT2D eigenvalue weighted by Crippen LogP contribution is 2.19. The van der Waals surface area contributed by atoms with Gasteiger partial charge in [-0.25, -0.2) is 4.98 Å². The van der Waals surface area contributed by atoms with E-state index in [0.29, 0.717) is 5.82 Å². The monoisotopic (exact) mass is 246 g/mol. The molecule has 0 saturated carbocycles. The summed E-state index contributed by atoms with van der Waals surface area (Å²) in [4.78, 5) is 15.9. The van der Waals surface area contributed by atoms with Crippen LogP contribution < -0.4 is 5.32 Å². The number of carbonyl (C=O) groups excluding carboxylic acids is 1. The number of nitrogens with one attached hydrogen (secondary N) is 2. The number of aromatic nitrogens is 3. The lowest BCUT2D eigenvalue weighted by molar-refractivity contribution is 0.0935. The molecule has 6 heteroatoms. The average Bonchev–Trinajstić information content (AvgIpc) is 2.85. The lowest BCUT2D eigenvalue weighted by atomic mass is 10.1. The number of carbonyl (C=O) groups is 1. The number of amides is 1. The van der Waals surface area contributed by atoms with Crippen molar-refractivity contribution in [3.63, 3.8) is 0 Å². The van der Waals surface area contributed by atoms with Gasteiger partial charge in [0.2, 0.25) is 0 Å². The van der Waals surface area contributed by atoms with Crippen LogP contribution in [0.15, 0.2) is 24.5 Å². The van der Waals surface area contributed by atoms with Gasteiger partial charge in [0.25, 0.3) is 5.91 Å². The summed E-state index contributed by atoms with van der Waals surface area (Å²) in [5, 5.41) is 18.8. The van der Waals surface area contributed by atoms with Crippen molar-refractivity contribution in [3.8, 4) is 5.75 Å². The van der Waals surface area contributed by atoms with Gasteiger partial charge in [0.15, 0.2) is 0 Å². The normalized spacial score (nSPS) is 12.1. The maximum Gasteiger partial charge on any atom is 0.255 e. The summed E-state index contributed by atoms with van der Waals surface area (Å²) in [5.74, 6) is 0.179. The Morgan fingerprint density at radius 2 is 2.28 bits per heavy atom. The van der Waals surface area contributed by atoms with Gasteiger partial charge in [-0.1, -0.05) is 11.6 Å². The molecule has 1 aromatic heterocycles. The maximum absolute atomic E-state index is 12.0. The number of nitrogens with zero attached hydrogens (tertiary/aromatic N) is 2. The van der Waals surface area contributed by atoms with E-state index in [4.69, 9.17) is 0 Å². The topological polar surface area (TPSA) is 90.9 Å². The highest BCUT2D eigenvalue weighted by molar-refractivity contribution is 5.97. The van der Waals surface area contributed by atoms with Gasteiger partial charge < -0.3 is 10.4 Å². The third kappa shape index (κ3) is 2.48. The zero-order chi connectivity index (χ0) is 13.1. The third-order valence-corrected chi connectivity index (χ3v) is 2.59. The van der Waals surface area contributed by atoms with E-state index in [-0.39, 0.29) is 23.3 Å². The maximum atomic E-state index is 12.0. The summed E-state index contributed by atoms with van der Waals surface area (Å²) in [6.45, 7) is 3.64. The van der Waals surface area contributed by atoms with Crippen LogP contribution in [-0.4, -0.2) is 26.2 Å². The van der Waals surface area contributed by atoms with Crippen LogP contribution in [0.25, 0.3) is 0 Å². The van der Waals surface area contributed by atoms with Crippen LogP contribution in [0.4, 0.5) is 0 Å². The quantitative estimate of drug-likeness (QED) is 0.761. The Balaban J connectivity index is 2.15. The van der Waals surface area contributed by atoms with E-state index in [2.05, 4.69) is 20.5 Å². The predicted molar refractivity (Wildman–Crippen MR) is 65.1 cm³/mol. The van der Waals surface area contributed by atoms with Crippen LogP contribution >= 0.6 is 0 Å². The van der Waals surface area contributed by atoms with Crippen molar-refractivity contribution in [2.45, 2.75) is 19.9 Å². The van der Waals surface area contributed by atoms with Gasteiger partial charge in [-0.2, -0.15) is 5.10 Å². The lowest BCUT2D eigenvalue weighted by Crippen LogP contribution is -2.27. The molecule has 0 aliphatic carbocycles. The van der Waals surface area contributed by atoms with Gasteiger partial charge in [-0.05, 0) is 26.0 Å². The molecule has 1 amide bonds. The van der Waals surface area contributed by atoms with Gasteiger partial charge in [0.1, 0.15) is 17.9 Å². The second kappa shape index (κ2) is 4.87. The van der Waals surface area contributed by atoms with Crippen LogP contribution in [0.3, 0.4) is 0 Å². The molecule has 1 heterocycles.